The van der Waals surface area contributed by atoms with Crippen molar-refractivity contribution in [3.63, 3.8) is 0 Å². The lowest BCUT2D eigenvalue weighted by Crippen LogP contribution is -2.44. The van der Waals surface area contributed by atoms with E-state index < -0.39 is 0 Å². The molecule has 1 aliphatic heterocycles. The summed E-state index contributed by atoms with van der Waals surface area (Å²) in [5.74, 6) is 0. The van der Waals surface area contributed by atoms with Gasteiger partial charge in [0.05, 0.1) is 0 Å². The van der Waals surface area contributed by atoms with Gasteiger partial charge >= 0.3 is 0 Å². The maximum absolute atomic E-state index is 2.78. The SMILES string of the molecule is Cc1cc(C)c(-c2cc(-c3cc4c(cc3Cc3ccc(-c5ccccc5)cc3)C(C)(C)CCC4(C)C)c3c(c2)N(c2cc4c(cc2C)C(C)(C)CCC4(C)C)c2cc4c(cc2B3)C(C)(C)CCC4(C)C)c(C)c1. The van der Waals surface area contributed by atoms with Gasteiger partial charge in [-0.1, -0.05) is 185 Å². The summed E-state index contributed by atoms with van der Waals surface area (Å²) < 4.78 is 0. The van der Waals surface area contributed by atoms with Gasteiger partial charge in [-0.15, -0.1) is 0 Å². The molecule has 0 saturated carbocycles. The molecule has 0 radical (unpaired) electrons. The molecule has 374 valence electrons. The van der Waals surface area contributed by atoms with Crippen molar-refractivity contribution in [3.8, 4) is 33.4 Å². The molecule has 1 heterocycles. The van der Waals surface area contributed by atoms with Gasteiger partial charge in [0.15, 0.2) is 7.28 Å². The van der Waals surface area contributed by atoms with Gasteiger partial charge in [-0.2, -0.15) is 0 Å². The van der Waals surface area contributed by atoms with E-state index in [4.69, 9.17) is 0 Å². The molecule has 0 N–H and O–H groups in total. The normalized spacial score (nSPS) is 19.2. The Balaban J connectivity index is 1.24. The van der Waals surface area contributed by atoms with Crippen molar-refractivity contribution < 1.29 is 0 Å². The van der Waals surface area contributed by atoms with Crippen LogP contribution in [0.2, 0.25) is 0 Å². The molecule has 7 aromatic rings. The highest BCUT2D eigenvalue weighted by Gasteiger charge is 2.43. The van der Waals surface area contributed by atoms with E-state index in [9.17, 15) is 0 Å². The van der Waals surface area contributed by atoms with Gasteiger partial charge in [0.2, 0.25) is 0 Å². The van der Waals surface area contributed by atoms with Gasteiger partial charge < -0.3 is 4.90 Å². The van der Waals surface area contributed by atoms with Crippen molar-refractivity contribution in [2.45, 2.75) is 188 Å². The highest BCUT2D eigenvalue weighted by molar-refractivity contribution is 6.73. The number of anilines is 3. The minimum atomic E-state index is 0.0498. The van der Waals surface area contributed by atoms with Crippen LogP contribution in [0.1, 0.15) is 188 Å². The molecule has 0 atom stereocenters. The van der Waals surface area contributed by atoms with Gasteiger partial charge in [-0.25, -0.2) is 0 Å². The van der Waals surface area contributed by atoms with Gasteiger partial charge in [0, 0.05) is 17.1 Å². The zero-order chi connectivity index (χ0) is 51.9. The maximum atomic E-state index is 2.78. The first-order valence-electron chi connectivity index (χ1n) is 28.0. The fourth-order valence-corrected chi connectivity index (χ4v) is 14.3. The van der Waals surface area contributed by atoms with Crippen LogP contribution in [0.15, 0.2) is 115 Å². The average molecular weight is 960 g/mol. The number of hydrogen-bond donors (Lipinski definition) is 0. The third-order valence-electron chi connectivity index (χ3n) is 19.3. The molecular weight excluding hydrogens is 878 g/mol. The highest BCUT2D eigenvalue weighted by Crippen LogP contribution is 2.54. The van der Waals surface area contributed by atoms with Crippen LogP contribution in [-0.2, 0) is 38.9 Å². The summed E-state index contributed by atoms with van der Waals surface area (Å²) in [6.45, 7) is 39.3. The van der Waals surface area contributed by atoms with Crippen LogP contribution in [0.3, 0.4) is 0 Å². The van der Waals surface area contributed by atoms with E-state index in [0.717, 1.165) is 13.7 Å². The fraction of sp³-hybridized carbons (Fsp3) is 0.408. The van der Waals surface area contributed by atoms with E-state index >= 15 is 0 Å². The van der Waals surface area contributed by atoms with E-state index in [1.165, 1.54) is 167 Å². The summed E-state index contributed by atoms with van der Waals surface area (Å²) in [5, 5.41) is 0. The van der Waals surface area contributed by atoms with Crippen LogP contribution >= 0.6 is 0 Å². The molecule has 7 aromatic carbocycles. The summed E-state index contributed by atoms with van der Waals surface area (Å²) in [5.41, 5.74) is 32.6. The van der Waals surface area contributed by atoms with Crippen LogP contribution in [0.25, 0.3) is 33.4 Å². The smallest absolute Gasteiger partial charge is 0.198 e. The quantitative estimate of drug-likeness (QED) is 0.150. The molecule has 0 bridgehead atoms. The van der Waals surface area contributed by atoms with Crippen LogP contribution in [0, 0.1) is 27.7 Å². The highest BCUT2D eigenvalue weighted by atomic mass is 15.2. The Morgan fingerprint density at radius 2 is 0.863 bits per heavy atom. The molecule has 11 rings (SSSR count). The predicted molar refractivity (Wildman–Crippen MR) is 318 cm³/mol. The summed E-state index contributed by atoms with van der Waals surface area (Å²) in [6.07, 6.45) is 8.00. The van der Waals surface area contributed by atoms with E-state index in [1.54, 1.807) is 0 Å². The number of benzene rings is 7. The second-order valence-corrected chi connectivity index (χ2v) is 27.6. The van der Waals surface area contributed by atoms with Crippen molar-refractivity contribution in [2.24, 2.45) is 0 Å². The minimum absolute atomic E-state index is 0.0498. The predicted octanol–water partition coefficient (Wildman–Crippen LogP) is 17.7. The first-order chi connectivity index (χ1) is 34.2. The first kappa shape index (κ1) is 49.6. The standard InChI is InChI=1S/C71H82BN/c1-43-32-45(3)64(46(4)33-43)51-36-53(52-39-56-55(67(7,8)27-28-68(56,9)10)37-50(52)35-47-22-24-49(25-23-47)48-20-18-17-19-21-48)65-63(38-51)73(61-41-58-54(34-44(61)2)66(5,6)26-30-70(58,13)14)62-42-59-57(40-60(62)72-65)69(11,12)29-31-71(59,15)16/h17-25,32-34,36-42,72H,26-31,35H2,1-16H3. The largest absolute Gasteiger partial charge is 0.311 e. The molecule has 0 fully saturated rings. The molecule has 3 aliphatic carbocycles. The van der Waals surface area contributed by atoms with Crippen LogP contribution in [0.5, 0.6) is 0 Å². The molecule has 0 amide bonds. The molecule has 2 heteroatoms. The van der Waals surface area contributed by atoms with E-state index in [1.807, 2.05) is 0 Å². The number of hydrogen-bond acceptors (Lipinski definition) is 1. The van der Waals surface area contributed by atoms with Gasteiger partial charge in [0.25, 0.3) is 0 Å². The molecule has 0 unspecified atom stereocenters. The lowest BCUT2D eigenvalue weighted by Gasteiger charge is -2.46. The third kappa shape index (κ3) is 8.37. The molecule has 4 aliphatic rings. The average Bonchev–Trinajstić information content (AvgIpc) is 3.32. The fourth-order valence-electron chi connectivity index (χ4n) is 14.3. The number of aryl methyl sites for hydroxylation is 4. The molecule has 0 aromatic heterocycles. The lowest BCUT2D eigenvalue weighted by molar-refractivity contribution is 0.331. The van der Waals surface area contributed by atoms with Gasteiger partial charge in [0.1, 0.15) is 0 Å². The zero-order valence-corrected chi connectivity index (χ0v) is 47.6. The van der Waals surface area contributed by atoms with Gasteiger partial charge in [-0.3, -0.25) is 0 Å². The molecule has 0 spiro atoms. The second-order valence-electron chi connectivity index (χ2n) is 27.6. The number of fused-ring (bicyclic) bond motifs is 5. The second kappa shape index (κ2) is 17.0. The third-order valence-corrected chi connectivity index (χ3v) is 19.3. The Kier molecular flexibility index (Phi) is 11.5. The Morgan fingerprint density at radius 1 is 0.397 bits per heavy atom. The van der Waals surface area contributed by atoms with Crippen LogP contribution < -0.4 is 15.8 Å². The molecule has 1 nitrogen and oxygen atoms in total. The van der Waals surface area contributed by atoms with Crippen LogP contribution in [0.4, 0.5) is 17.1 Å². The van der Waals surface area contributed by atoms with Crippen molar-refractivity contribution in [1.82, 2.24) is 0 Å². The zero-order valence-electron chi connectivity index (χ0n) is 47.6. The number of rotatable bonds is 6. The van der Waals surface area contributed by atoms with Crippen molar-refractivity contribution in [2.75, 3.05) is 4.90 Å². The Bertz CT molecular complexity index is 3320. The van der Waals surface area contributed by atoms with Crippen molar-refractivity contribution in [3.05, 3.63) is 182 Å². The Labute approximate surface area is 441 Å². The van der Waals surface area contributed by atoms with Crippen molar-refractivity contribution >= 4 is 35.3 Å². The van der Waals surface area contributed by atoms with Gasteiger partial charge in [-0.05, 0) is 229 Å². The Hall–Kier alpha value is -5.60. The summed E-state index contributed by atoms with van der Waals surface area (Å²) in [6, 6.07) is 46.3. The first-order valence-corrected chi connectivity index (χ1v) is 28.0. The molecular formula is C71H82BN. The van der Waals surface area contributed by atoms with E-state index in [0.29, 0.717) is 0 Å². The molecule has 0 saturated heterocycles. The summed E-state index contributed by atoms with van der Waals surface area (Å²) >= 11 is 0. The van der Waals surface area contributed by atoms with Crippen molar-refractivity contribution in [1.29, 1.82) is 0 Å². The Morgan fingerprint density at radius 3 is 1.41 bits per heavy atom. The maximum Gasteiger partial charge on any atom is 0.198 e. The van der Waals surface area contributed by atoms with E-state index in [2.05, 4.69) is 231 Å². The molecule has 73 heavy (non-hydrogen) atoms. The topological polar surface area (TPSA) is 3.24 Å². The lowest BCUT2D eigenvalue weighted by atomic mass is 9.54. The minimum Gasteiger partial charge on any atom is -0.311 e. The summed E-state index contributed by atoms with van der Waals surface area (Å²) in [4.78, 5) is 2.78. The monoisotopic (exact) mass is 960 g/mol. The number of nitrogens with zero attached hydrogens (tertiary/aromatic N) is 1. The van der Waals surface area contributed by atoms with E-state index in [-0.39, 0.29) is 32.5 Å². The summed E-state index contributed by atoms with van der Waals surface area (Å²) in [7, 11) is 0.881. The van der Waals surface area contributed by atoms with Crippen LogP contribution in [-0.4, -0.2) is 7.28 Å².